The molecule has 1 N–H and O–H groups in total. The summed E-state index contributed by atoms with van der Waals surface area (Å²) in [5.74, 6) is 0.168. The van der Waals surface area contributed by atoms with Crippen LogP contribution in [0.4, 0.5) is 0 Å². The van der Waals surface area contributed by atoms with E-state index in [2.05, 4.69) is 44.5 Å². The first-order valence-corrected chi connectivity index (χ1v) is 18.2. The Morgan fingerprint density at radius 2 is 1.59 bits per heavy atom. The Balaban J connectivity index is 1.80. The molecule has 2 fully saturated rings. The van der Waals surface area contributed by atoms with Crippen molar-refractivity contribution in [2.75, 3.05) is 0 Å². The zero-order valence-corrected chi connectivity index (χ0v) is 26.8. The molecule has 41 heavy (non-hydrogen) atoms. The molecule has 6 atom stereocenters. The number of hydrogen-bond donors (Lipinski definition) is 1. The predicted octanol–water partition coefficient (Wildman–Crippen LogP) is 5.04. The molecule has 0 aromatic heterocycles. The van der Waals surface area contributed by atoms with Crippen LogP contribution in [0.15, 0.2) is 59.5 Å². The monoisotopic (exact) mass is 599 g/mol. The van der Waals surface area contributed by atoms with E-state index in [1.165, 1.54) is 12.1 Å². The summed E-state index contributed by atoms with van der Waals surface area (Å²) in [6.07, 6.45) is 2.74. The molecule has 0 amide bonds. The molecule has 1 aliphatic carbocycles. The Morgan fingerprint density at radius 1 is 1.00 bits per heavy atom. The number of aryl methyl sites for hydroxylation is 1. The fourth-order valence-electron chi connectivity index (χ4n) is 5.01. The highest BCUT2D eigenvalue weighted by atomic mass is 32.2. The molecule has 1 saturated carbocycles. The van der Waals surface area contributed by atoms with Crippen molar-refractivity contribution in [1.82, 2.24) is 4.72 Å². The van der Waals surface area contributed by atoms with E-state index in [-0.39, 0.29) is 9.93 Å². The Hall–Kier alpha value is -2.52. The number of carbonyl (C=O) groups is 1. The van der Waals surface area contributed by atoms with Gasteiger partial charge in [0, 0.05) is 0 Å². The van der Waals surface area contributed by atoms with Gasteiger partial charge in [0.15, 0.2) is 14.1 Å². The molecule has 1 heterocycles. The third kappa shape index (κ3) is 6.61. The largest absolute Gasteiger partial charge is 0.455 e. The van der Waals surface area contributed by atoms with Crippen LogP contribution in [0.5, 0.6) is 0 Å². The van der Waals surface area contributed by atoms with E-state index in [1.54, 1.807) is 56.3 Å². The Labute approximate surface area is 245 Å². The van der Waals surface area contributed by atoms with Crippen molar-refractivity contribution < 1.29 is 31.8 Å². The van der Waals surface area contributed by atoms with Gasteiger partial charge in [-0.15, -0.1) is 6.42 Å². The molecule has 2 aromatic carbocycles. The number of nitrogens with one attached hydrogen (secondary N) is 1. The first kappa shape index (κ1) is 31.4. The first-order valence-electron chi connectivity index (χ1n) is 13.8. The quantitative estimate of drug-likeness (QED) is 0.270. The standard InChI is InChI=1S/C31H41NO7SSi/c1-10-23-24(32-40(34,35)22-18-16-20(2)17-19-22)26-27(38-31(6,7)37-26)28(39-41(8,9)30(3,4)5)25(23)36-29(33)21-14-12-11-13-15-21/h1,11-19,23-28,32H,2-9H3/t23-,24-,25-,26+,27+,28+/m1/s1. The van der Waals surface area contributed by atoms with Crippen molar-refractivity contribution in [2.45, 2.75) is 101 Å². The lowest BCUT2D eigenvalue weighted by molar-refractivity contribution is -0.158. The van der Waals surface area contributed by atoms with Gasteiger partial charge >= 0.3 is 5.97 Å². The molecular weight excluding hydrogens is 558 g/mol. The highest BCUT2D eigenvalue weighted by molar-refractivity contribution is 7.89. The van der Waals surface area contributed by atoms with Crippen molar-refractivity contribution in [1.29, 1.82) is 0 Å². The zero-order chi connectivity index (χ0) is 30.4. The van der Waals surface area contributed by atoms with Crippen molar-refractivity contribution >= 4 is 24.3 Å². The number of esters is 1. The summed E-state index contributed by atoms with van der Waals surface area (Å²) in [5, 5.41) is -0.180. The van der Waals surface area contributed by atoms with Crippen LogP contribution < -0.4 is 4.72 Å². The van der Waals surface area contributed by atoms with E-state index in [9.17, 15) is 13.2 Å². The van der Waals surface area contributed by atoms with E-state index < -0.39 is 66.5 Å². The molecule has 4 rings (SSSR count). The lowest BCUT2D eigenvalue weighted by atomic mass is 9.77. The number of ether oxygens (including phenoxy) is 3. The van der Waals surface area contributed by atoms with Gasteiger partial charge in [-0.2, -0.15) is 0 Å². The molecule has 2 aromatic rings. The summed E-state index contributed by atoms with van der Waals surface area (Å²) in [6.45, 7) is 15.9. The van der Waals surface area contributed by atoms with E-state index in [0.29, 0.717) is 5.56 Å². The van der Waals surface area contributed by atoms with Crippen LogP contribution in [0.1, 0.15) is 50.5 Å². The maximum atomic E-state index is 13.6. The number of fused-ring (bicyclic) bond motifs is 1. The predicted molar refractivity (Wildman–Crippen MR) is 159 cm³/mol. The van der Waals surface area contributed by atoms with Crippen LogP contribution in [0.25, 0.3) is 0 Å². The molecule has 1 saturated heterocycles. The third-order valence-electron chi connectivity index (χ3n) is 8.21. The summed E-state index contributed by atoms with van der Waals surface area (Å²) in [5.41, 5.74) is 1.27. The third-order valence-corrected chi connectivity index (χ3v) is 14.2. The van der Waals surface area contributed by atoms with Crippen molar-refractivity contribution in [3.63, 3.8) is 0 Å². The fourth-order valence-corrected chi connectivity index (χ4v) is 7.58. The minimum atomic E-state index is -4.03. The number of benzene rings is 2. The summed E-state index contributed by atoms with van der Waals surface area (Å²) in [4.78, 5) is 13.5. The molecule has 222 valence electrons. The van der Waals surface area contributed by atoms with Gasteiger partial charge < -0.3 is 18.6 Å². The second-order valence-corrected chi connectivity index (χ2v) is 19.3. The van der Waals surface area contributed by atoms with Crippen molar-refractivity contribution in [3.05, 3.63) is 65.7 Å². The van der Waals surface area contributed by atoms with Gasteiger partial charge in [-0.25, -0.2) is 17.9 Å². The highest BCUT2D eigenvalue weighted by Crippen LogP contribution is 2.46. The summed E-state index contributed by atoms with van der Waals surface area (Å²) < 4.78 is 55.7. The Morgan fingerprint density at radius 3 is 2.15 bits per heavy atom. The molecule has 0 bridgehead atoms. The molecular formula is C31H41NO7SSi. The molecule has 0 radical (unpaired) electrons. The average Bonchev–Trinajstić information content (AvgIpc) is 3.21. The Bertz CT molecular complexity index is 1390. The minimum Gasteiger partial charge on any atom is -0.455 e. The van der Waals surface area contributed by atoms with E-state index >= 15 is 0 Å². The van der Waals surface area contributed by atoms with Crippen LogP contribution in [-0.2, 0) is 28.7 Å². The van der Waals surface area contributed by atoms with Gasteiger partial charge in [0.1, 0.15) is 24.4 Å². The topological polar surface area (TPSA) is 100 Å². The molecule has 0 spiro atoms. The molecule has 0 unspecified atom stereocenters. The fraction of sp³-hybridized carbons (Fsp3) is 0.516. The second-order valence-electron chi connectivity index (χ2n) is 12.8. The van der Waals surface area contributed by atoms with Crippen LogP contribution in [0.2, 0.25) is 18.1 Å². The highest BCUT2D eigenvalue weighted by Gasteiger charge is 2.62. The van der Waals surface area contributed by atoms with Gasteiger partial charge in [0.25, 0.3) is 0 Å². The second kappa shape index (κ2) is 11.3. The average molecular weight is 600 g/mol. The van der Waals surface area contributed by atoms with Crippen molar-refractivity contribution in [3.8, 4) is 12.3 Å². The molecule has 2 aliphatic rings. The van der Waals surface area contributed by atoms with Crippen LogP contribution >= 0.6 is 0 Å². The van der Waals surface area contributed by atoms with Gasteiger partial charge in [0.2, 0.25) is 10.0 Å². The minimum absolute atomic E-state index is 0.0890. The first-order chi connectivity index (χ1) is 19.0. The zero-order valence-electron chi connectivity index (χ0n) is 25.0. The van der Waals surface area contributed by atoms with Gasteiger partial charge in [0.05, 0.1) is 22.4 Å². The maximum absolute atomic E-state index is 13.6. The van der Waals surface area contributed by atoms with Crippen LogP contribution in [0.3, 0.4) is 0 Å². The maximum Gasteiger partial charge on any atom is 0.338 e. The summed E-state index contributed by atoms with van der Waals surface area (Å²) in [6, 6.07) is 14.1. The van der Waals surface area contributed by atoms with E-state index in [1.807, 2.05) is 6.92 Å². The Kier molecular flexibility index (Phi) is 8.65. The van der Waals surface area contributed by atoms with E-state index in [0.717, 1.165) is 5.56 Å². The number of rotatable bonds is 7. The van der Waals surface area contributed by atoms with Crippen molar-refractivity contribution in [2.24, 2.45) is 5.92 Å². The van der Waals surface area contributed by atoms with Gasteiger partial charge in [-0.3, -0.25) is 0 Å². The van der Waals surface area contributed by atoms with Crippen LogP contribution in [-0.4, -0.2) is 58.9 Å². The summed E-state index contributed by atoms with van der Waals surface area (Å²) >= 11 is 0. The van der Waals surface area contributed by atoms with Gasteiger partial charge in [-0.1, -0.05) is 62.6 Å². The lowest BCUT2D eigenvalue weighted by Crippen LogP contribution is -2.67. The molecule has 1 aliphatic heterocycles. The van der Waals surface area contributed by atoms with Crippen LogP contribution in [0, 0.1) is 25.2 Å². The number of terminal acetylenes is 1. The SMILES string of the molecule is C#C[C@@H]1[C@@H](NS(=O)(=O)c2ccc(C)cc2)[C@@H]2OC(C)(C)O[C@@H]2[C@@H](O[Si](C)(C)C(C)(C)C)[C@@H]1OC(=O)c1ccccc1. The molecule has 8 nitrogen and oxygen atoms in total. The summed E-state index contributed by atoms with van der Waals surface area (Å²) in [7, 11) is -6.50. The lowest BCUT2D eigenvalue weighted by Gasteiger charge is -2.49. The smallest absolute Gasteiger partial charge is 0.338 e. The normalized spacial score (nSPS) is 28.0. The number of sulfonamides is 1. The van der Waals surface area contributed by atoms with E-state index in [4.69, 9.17) is 25.1 Å². The van der Waals surface area contributed by atoms with Gasteiger partial charge in [-0.05, 0) is 63.2 Å². The molecule has 10 heteroatoms. The number of carbonyl (C=O) groups excluding carboxylic acids is 1. The number of hydrogen-bond acceptors (Lipinski definition) is 7.